The lowest BCUT2D eigenvalue weighted by molar-refractivity contribution is -0.290. The topological polar surface area (TPSA) is 145 Å². The monoisotopic (exact) mass is 548 g/mol. The number of carbonyl (C=O) groups is 1. The lowest BCUT2D eigenvalue weighted by atomic mass is 9.93. The van der Waals surface area contributed by atoms with Crippen LogP contribution in [0.2, 0.25) is 5.02 Å². The number of rotatable bonds is 7. The summed E-state index contributed by atoms with van der Waals surface area (Å²) in [7, 11) is 0. The maximum absolute atomic E-state index is 12.9. The molecule has 1 amide bonds. The smallest absolute Gasteiger partial charge is 0.410 e. The Morgan fingerprint density at radius 2 is 2.03 bits per heavy atom. The molecule has 5 unspecified atom stereocenters. The molecule has 38 heavy (non-hydrogen) atoms. The minimum absolute atomic E-state index is 0.231. The van der Waals surface area contributed by atoms with Crippen LogP contribution in [0.15, 0.2) is 54.3 Å². The number of halogens is 1. The van der Waals surface area contributed by atoms with E-state index in [0.29, 0.717) is 23.6 Å². The molecule has 5 N–H and O–H groups in total. The highest BCUT2D eigenvalue weighted by Gasteiger charge is 2.44. The van der Waals surface area contributed by atoms with Gasteiger partial charge < -0.3 is 39.6 Å². The van der Waals surface area contributed by atoms with E-state index < -0.39 is 49.4 Å². The molecule has 0 bridgehead atoms. The minimum Gasteiger partial charge on any atom is -0.462 e. The van der Waals surface area contributed by atoms with Crippen LogP contribution in [0.5, 0.6) is 0 Å². The van der Waals surface area contributed by atoms with E-state index in [1.807, 2.05) is 12.1 Å². The first-order valence-corrected chi connectivity index (χ1v) is 12.8. The summed E-state index contributed by atoms with van der Waals surface area (Å²) >= 11 is 6.24. The van der Waals surface area contributed by atoms with E-state index in [0.717, 1.165) is 22.2 Å². The van der Waals surface area contributed by atoms with Crippen LogP contribution in [0.1, 0.15) is 31.1 Å². The molecular formula is C27H33ClN2O8. The number of hydrogen-bond donors (Lipinski definition) is 5. The zero-order valence-electron chi connectivity index (χ0n) is 21.2. The van der Waals surface area contributed by atoms with Crippen molar-refractivity contribution in [3.63, 3.8) is 0 Å². The fraction of sp³-hybridized carbons (Fsp3) is 0.444. The van der Waals surface area contributed by atoms with E-state index >= 15 is 0 Å². The molecule has 1 fully saturated rings. The standard InChI is InChI=1S/C27H33ClN2O8/c1-4-16(37-26-25(34)24(33)23(32)20(13-31)38-26)8-6-14(3)22-21-17(10-11-30(22)27(35)36-5-2)18-12-15(28)7-9-19(18)29-21/h4,6-9,12,20,22-26,29,31-34H,3,5,10-11,13H2,1-2H3/b8-6-,16-4+/t20?,22-,23?,24?,25?,26?/m0/s1. The second kappa shape index (κ2) is 11.9. The molecule has 3 heterocycles. The largest absolute Gasteiger partial charge is 0.462 e. The van der Waals surface area contributed by atoms with Gasteiger partial charge in [0.25, 0.3) is 0 Å². The minimum atomic E-state index is -1.56. The Morgan fingerprint density at radius 3 is 2.71 bits per heavy atom. The van der Waals surface area contributed by atoms with E-state index in [1.54, 1.807) is 43.0 Å². The number of nitrogens with zero attached hydrogens (tertiary/aromatic N) is 1. The fourth-order valence-electron chi connectivity index (χ4n) is 4.83. The fourth-order valence-corrected chi connectivity index (χ4v) is 5.00. The number of carbonyl (C=O) groups excluding carboxylic acids is 1. The normalized spacial score (nSPS) is 28.0. The zero-order valence-corrected chi connectivity index (χ0v) is 22.0. The van der Waals surface area contributed by atoms with E-state index in [4.69, 9.17) is 25.8 Å². The van der Waals surface area contributed by atoms with Gasteiger partial charge in [0, 0.05) is 28.2 Å². The number of fused-ring (bicyclic) bond motifs is 3. The highest BCUT2D eigenvalue weighted by atomic mass is 35.5. The average molecular weight is 549 g/mol. The number of ether oxygens (including phenoxy) is 3. The second-order valence-electron chi connectivity index (χ2n) is 9.17. The molecule has 2 aliphatic heterocycles. The maximum atomic E-state index is 12.9. The van der Waals surface area contributed by atoms with E-state index in [9.17, 15) is 25.2 Å². The molecule has 0 aliphatic carbocycles. The summed E-state index contributed by atoms with van der Waals surface area (Å²) in [5.74, 6) is 0.276. The van der Waals surface area contributed by atoms with Crippen LogP contribution in [0.3, 0.4) is 0 Å². The Bertz CT molecular complexity index is 1240. The third kappa shape index (κ3) is 5.47. The Morgan fingerprint density at radius 1 is 1.26 bits per heavy atom. The van der Waals surface area contributed by atoms with Gasteiger partial charge in [-0.1, -0.05) is 24.3 Å². The molecule has 2 aromatic rings. The van der Waals surface area contributed by atoms with Crippen molar-refractivity contribution < 1.29 is 39.4 Å². The number of nitrogens with one attached hydrogen (secondary N) is 1. The summed E-state index contributed by atoms with van der Waals surface area (Å²) in [5, 5.41) is 41.4. The molecule has 11 heteroatoms. The van der Waals surface area contributed by atoms with Gasteiger partial charge in [-0.2, -0.15) is 0 Å². The van der Waals surface area contributed by atoms with Crippen LogP contribution in [0.4, 0.5) is 4.79 Å². The Balaban J connectivity index is 1.60. The van der Waals surface area contributed by atoms with Crippen molar-refractivity contribution in [3.05, 3.63) is 70.6 Å². The average Bonchev–Trinajstić information content (AvgIpc) is 3.28. The van der Waals surface area contributed by atoms with Crippen LogP contribution in [-0.4, -0.2) is 86.9 Å². The second-order valence-corrected chi connectivity index (χ2v) is 9.60. The van der Waals surface area contributed by atoms with Crippen LogP contribution >= 0.6 is 11.6 Å². The van der Waals surface area contributed by atoms with Crippen LogP contribution in [0.25, 0.3) is 10.9 Å². The summed E-state index contributed by atoms with van der Waals surface area (Å²) < 4.78 is 16.5. The first-order valence-electron chi connectivity index (χ1n) is 12.4. The summed E-state index contributed by atoms with van der Waals surface area (Å²) in [5.41, 5.74) is 3.32. The molecule has 1 aromatic heterocycles. The van der Waals surface area contributed by atoms with Gasteiger partial charge in [0.1, 0.15) is 36.2 Å². The van der Waals surface area contributed by atoms with Crippen molar-refractivity contribution in [2.45, 2.75) is 57.0 Å². The third-order valence-corrected chi connectivity index (χ3v) is 7.02. The number of aromatic nitrogens is 1. The number of benzene rings is 1. The molecule has 6 atom stereocenters. The van der Waals surface area contributed by atoms with Crippen LogP contribution in [-0.2, 0) is 20.6 Å². The first kappa shape index (κ1) is 28.2. The van der Waals surface area contributed by atoms with Gasteiger partial charge in [0.05, 0.1) is 13.2 Å². The molecule has 206 valence electrons. The van der Waals surface area contributed by atoms with Crippen LogP contribution in [0, 0.1) is 0 Å². The first-order chi connectivity index (χ1) is 18.2. The quantitative estimate of drug-likeness (QED) is 0.262. The Kier molecular flexibility index (Phi) is 8.81. The molecule has 10 nitrogen and oxygen atoms in total. The molecule has 2 aliphatic rings. The Hall–Kier alpha value is -2.86. The lowest BCUT2D eigenvalue weighted by Gasteiger charge is -2.39. The predicted molar refractivity (Wildman–Crippen MR) is 140 cm³/mol. The van der Waals surface area contributed by atoms with E-state index in [-0.39, 0.29) is 12.4 Å². The van der Waals surface area contributed by atoms with Gasteiger partial charge in [-0.25, -0.2) is 4.79 Å². The van der Waals surface area contributed by atoms with Crippen molar-refractivity contribution in [1.29, 1.82) is 0 Å². The highest BCUT2D eigenvalue weighted by molar-refractivity contribution is 6.31. The number of H-pyrrole nitrogens is 1. The number of allylic oxidation sites excluding steroid dienone is 2. The van der Waals surface area contributed by atoms with Gasteiger partial charge in [-0.15, -0.1) is 0 Å². The number of aliphatic hydroxyl groups excluding tert-OH is 4. The number of aliphatic hydroxyl groups is 4. The van der Waals surface area contributed by atoms with E-state index in [1.165, 1.54) is 0 Å². The summed E-state index contributed by atoms with van der Waals surface area (Å²) in [4.78, 5) is 17.9. The number of amides is 1. The molecule has 0 radical (unpaired) electrons. The molecule has 1 saturated heterocycles. The van der Waals surface area contributed by atoms with Gasteiger partial charge >= 0.3 is 6.09 Å². The van der Waals surface area contributed by atoms with Crippen molar-refractivity contribution in [3.8, 4) is 0 Å². The highest BCUT2D eigenvalue weighted by Crippen LogP contribution is 2.39. The van der Waals surface area contributed by atoms with Crippen molar-refractivity contribution in [2.75, 3.05) is 19.8 Å². The predicted octanol–water partition coefficient (Wildman–Crippen LogP) is 2.71. The molecule has 0 spiro atoms. The van der Waals surface area contributed by atoms with Gasteiger partial charge in [0.15, 0.2) is 0 Å². The van der Waals surface area contributed by atoms with Crippen molar-refractivity contribution in [1.82, 2.24) is 9.88 Å². The summed E-state index contributed by atoms with van der Waals surface area (Å²) in [6.07, 6.45) is -1.96. The molecule has 4 rings (SSSR count). The number of hydrogen-bond acceptors (Lipinski definition) is 8. The third-order valence-electron chi connectivity index (χ3n) is 6.79. The Labute approximate surface area is 225 Å². The van der Waals surface area contributed by atoms with E-state index in [2.05, 4.69) is 11.6 Å². The van der Waals surface area contributed by atoms with Crippen molar-refractivity contribution >= 4 is 28.6 Å². The summed E-state index contributed by atoms with van der Waals surface area (Å²) in [6, 6.07) is 5.04. The molecule has 1 aromatic carbocycles. The van der Waals surface area contributed by atoms with Gasteiger partial charge in [-0.3, -0.25) is 4.90 Å². The SMILES string of the molecule is C=C(/C=C\C(=C/C)OC1OC(CO)C(O)C(O)C1O)[C@H]1c2[nH]c3ccc(Cl)cc3c2CCN1C(=O)OCC. The van der Waals surface area contributed by atoms with Gasteiger partial charge in [-0.05, 0) is 61.8 Å². The van der Waals surface area contributed by atoms with Gasteiger partial charge in [0.2, 0.25) is 6.29 Å². The summed E-state index contributed by atoms with van der Waals surface area (Å²) in [6.45, 7) is 7.76. The van der Waals surface area contributed by atoms with Crippen molar-refractivity contribution in [2.24, 2.45) is 0 Å². The lowest BCUT2D eigenvalue weighted by Crippen LogP contribution is -2.59. The molecular weight excluding hydrogens is 516 g/mol. The van der Waals surface area contributed by atoms with Crippen LogP contribution < -0.4 is 0 Å². The maximum Gasteiger partial charge on any atom is 0.410 e. The number of aromatic amines is 1. The molecule has 0 saturated carbocycles. The zero-order chi connectivity index (χ0) is 27.6.